The number of hydrogen-bond acceptors (Lipinski definition) is 2. The molecule has 1 rings (SSSR count). The summed E-state index contributed by atoms with van der Waals surface area (Å²) in [6.45, 7) is 0.0695. The van der Waals surface area contributed by atoms with Crippen LogP contribution in [0.3, 0.4) is 0 Å². The smallest absolute Gasteiger partial charge is 0.0500 e. The summed E-state index contributed by atoms with van der Waals surface area (Å²) in [5, 5.41) is 9.71. The number of hydrogen-bond donors (Lipinski definition) is 1. The van der Waals surface area contributed by atoms with Crippen LogP contribution < -0.4 is 0 Å². The Labute approximate surface area is 102 Å². The van der Waals surface area contributed by atoms with Crippen molar-refractivity contribution in [3.63, 3.8) is 0 Å². The van der Waals surface area contributed by atoms with Gasteiger partial charge in [0.05, 0.1) is 0 Å². The molecule has 0 aliphatic carbocycles. The van der Waals surface area contributed by atoms with Crippen LogP contribution in [0.2, 0.25) is 10.0 Å². The summed E-state index contributed by atoms with van der Waals surface area (Å²) < 4.78 is 11.5. The maximum absolute atomic E-state index is 11.5. The summed E-state index contributed by atoms with van der Waals surface area (Å²) in [6.07, 6.45) is 0.553. The third-order valence-corrected chi connectivity index (χ3v) is 3.83. The highest BCUT2D eigenvalue weighted by Crippen LogP contribution is 2.22. The van der Waals surface area contributed by atoms with Crippen LogP contribution in [0.15, 0.2) is 18.2 Å². The molecule has 1 aromatic carbocycles. The Morgan fingerprint density at radius 1 is 1.33 bits per heavy atom. The first-order valence-corrected chi connectivity index (χ1v) is 6.77. The summed E-state index contributed by atoms with van der Waals surface area (Å²) >= 11 is 11.7. The van der Waals surface area contributed by atoms with Crippen molar-refractivity contribution in [2.45, 2.75) is 12.2 Å². The Morgan fingerprint density at radius 2 is 2.07 bits per heavy atom. The fraction of sp³-hybridized carbons (Fsp3) is 0.400. The Kier molecular flexibility index (Phi) is 5.61. The molecule has 0 saturated heterocycles. The zero-order chi connectivity index (χ0) is 11.3. The van der Waals surface area contributed by atoms with Gasteiger partial charge in [-0.2, -0.15) is 0 Å². The molecule has 0 bridgehead atoms. The molecule has 0 heterocycles. The van der Waals surface area contributed by atoms with E-state index in [9.17, 15) is 4.21 Å². The normalized spacial score (nSPS) is 12.7. The minimum atomic E-state index is -0.975. The highest BCUT2D eigenvalue weighted by atomic mass is 35.5. The van der Waals surface area contributed by atoms with Crippen molar-refractivity contribution in [2.75, 3.05) is 12.4 Å². The molecule has 15 heavy (non-hydrogen) atoms. The van der Waals surface area contributed by atoms with Gasteiger partial charge >= 0.3 is 0 Å². The molecule has 1 atom stereocenters. The molecule has 0 radical (unpaired) electrons. The number of aliphatic hydroxyl groups is 1. The Morgan fingerprint density at radius 3 is 2.67 bits per heavy atom. The largest absolute Gasteiger partial charge is 0.396 e. The van der Waals surface area contributed by atoms with Gasteiger partial charge in [-0.1, -0.05) is 29.3 Å². The molecular formula is C10H12Cl2O2S. The molecule has 1 aromatic rings. The van der Waals surface area contributed by atoms with Gasteiger partial charge in [0.1, 0.15) is 0 Å². The Bertz CT molecular complexity index is 355. The minimum Gasteiger partial charge on any atom is -0.396 e. The first-order chi connectivity index (χ1) is 7.13. The maximum atomic E-state index is 11.5. The second-order valence-electron chi connectivity index (χ2n) is 3.10. The molecule has 0 aromatic heterocycles. The first-order valence-electron chi connectivity index (χ1n) is 4.53. The van der Waals surface area contributed by atoms with Gasteiger partial charge in [0, 0.05) is 39.0 Å². The van der Waals surface area contributed by atoms with E-state index in [2.05, 4.69) is 0 Å². The fourth-order valence-corrected chi connectivity index (χ4v) is 2.86. The zero-order valence-corrected chi connectivity index (χ0v) is 10.4. The highest BCUT2D eigenvalue weighted by Gasteiger charge is 2.05. The van der Waals surface area contributed by atoms with E-state index in [0.717, 1.165) is 5.56 Å². The molecule has 0 saturated carbocycles. The lowest BCUT2D eigenvalue weighted by Gasteiger charge is -2.04. The molecule has 0 amide bonds. The monoisotopic (exact) mass is 266 g/mol. The molecule has 84 valence electrons. The summed E-state index contributed by atoms with van der Waals surface area (Å²) in [4.78, 5) is 0. The predicted octanol–water partition coefficient (Wildman–Crippen LogP) is 2.62. The Hall–Kier alpha value is -0.0900. The van der Waals surface area contributed by atoms with Gasteiger partial charge in [0.15, 0.2) is 0 Å². The third-order valence-electron chi connectivity index (χ3n) is 1.86. The molecule has 1 N–H and O–H groups in total. The van der Waals surface area contributed by atoms with Crippen LogP contribution in [0.1, 0.15) is 12.0 Å². The second kappa shape index (κ2) is 6.48. The molecule has 0 fully saturated rings. The van der Waals surface area contributed by atoms with E-state index in [1.54, 1.807) is 18.2 Å². The van der Waals surface area contributed by atoms with Crippen LogP contribution in [0, 0.1) is 0 Å². The van der Waals surface area contributed by atoms with Gasteiger partial charge in [-0.15, -0.1) is 0 Å². The summed E-state index contributed by atoms with van der Waals surface area (Å²) in [7, 11) is -0.975. The quantitative estimate of drug-likeness (QED) is 0.890. The van der Waals surface area contributed by atoms with E-state index in [4.69, 9.17) is 28.3 Å². The summed E-state index contributed by atoms with van der Waals surface area (Å²) in [5.74, 6) is 0.908. The van der Waals surface area contributed by atoms with Crippen molar-refractivity contribution in [3.8, 4) is 0 Å². The van der Waals surface area contributed by atoms with E-state index in [1.165, 1.54) is 0 Å². The van der Waals surface area contributed by atoms with E-state index < -0.39 is 10.8 Å². The average molecular weight is 267 g/mol. The molecular weight excluding hydrogens is 255 g/mol. The van der Waals surface area contributed by atoms with E-state index in [0.29, 0.717) is 28.0 Å². The van der Waals surface area contributed by atoms with Crippen molar-refractivity contribution in [1.82, 2.24) is 0 Å². The zero-order valence-electron chi connectivity index (χ0n) is 8.08. The van der Waals surface area contributed by atoms with Crippen LogP contribution in [0.25, 0.3) is 0 Å². The number of aliphatic hydroxyl groups excluding tert-OH is 1. The second-order valence-corrected chi connectivity index (χ2v) is 5.52. The van der Waals surface area contributed by atoms with E-state index >= 15 is 0 Å². The molecule has 0 spiro atoms. The van der Waals surface area contributed by atoms with E-state index in [1.807, 2.05) is 0 Å². The van der Waals surface area contributed by atoms with Gasteiger partial charge in [-0.05, 0) is 24.1 Å². The number of halogens is 2. The minimum absolute atomic E-state index is 0.0695. The highest BCUT2D eigenvalue weighted by molar-refractivity contribution is 7.84. The molecule has 0 aliphatic rings. The molecule has 5 heteroatoms. The molecule has 2 nitrogen and oxygen atoms in total. The van der Waals surface area contributed by atoms with Gasteiger partial charge in [-0.25, -0.2) is 0 Å². The van der Waals surface area contributed by atoms with Crippen molar-refractivity contribution >= 4 is 34.0 Å². The standard InChI is InChI=1S/C10H12Cl2O2S/c11-9-3-2-8(10(12)6-9)7-15(14)5-1-4-13/h2-3,6,13H,1,4-5,7H2. The van der Waals surface area contributed by atoms with E-state index in [-0.39, 0.29) is 6.61 Å². The summed E-state index contributed by atoms with van der Waals surface area (Å²) in [6, 6.07) is 5.15. The van der Waals surface area contributed by atoms with Crippen molar-refractivity contribution < 1.29 is 9.32 Å². The van der Waals surface area contributed by atoms with Crippen molar-refractivity contribution in [2.24, 2.45) is 0 Å². The lowest BCUT2D eigenvalue weighted by molar-refractivity contribution is 0.296. The van der Waals surface area contributed by atoms with Crippen LogP contribution in [-0.2, 0) is 16.6 Å². The maximum Gasteiger partial charge on any atom is 0.0500 e. The lowest BCUT2D eigenvalue weighted by Crippen LogP contribution is -2.03. The van der Waals surface area contributed by atoms with Gasteiger partial charge in [0.2, 0.25) is 0 Å². The van der Waals surface area contributed by atoms with Crippen LogP contribution in [-0.4, -0.2) is 21.7 Å². The van der Waals surface area contributed by atoms with Crippen molar-refractivity contribution in [1.29, 1.82) is 0 Å². The number of benzene rings is 1. The molecule has 0 aliphatic heterocycles. The lowest BCUT2D eigenvalue weighted by atomic mass is 10.2. The summed E-state index contributed by atoms with van der Waals surface area (Å²) in [5.41, 5.74) is 0.831. The topological polar surface area (TPSA) is 37.3 Å². The average Bonchev–Trinajstić information content (AvgIpc) is 2.19. The predicted molar refractivity (Wildman–Crippen MR) is 64.9 cm³/mol. The third kappa shape index (κ3) is 4.51. The fourth-order valence-electron chi connectivity index (χ4n) is 1.11. The number of rotatable bonds is 5. The van der Waals surface area contributed by atoms with Crippen LogP contribution >= 0.6 is 23.2 Å². The van der Waals surface area contributed by atoms with Gasteiger partial charge < -0.3 is 5.11 Å². The van der Waals surface area contributed by atoms with Gasteiger partial charge in [-0.3, -0.25) is 4.21 Å². The molecule has 1 unspecified atom stereocenters. The van der Waals surface area contributed by atoms with Crippen molar-refractivity contribution in [3.05, 3.63) is 33.8 Å². The first kappa shape index (κ1) is 13.0. The van der Waals surface area contributed by atoms with Crippen LogP contribution in [0.4, 0.5) is 0 Å². The SMILES string of the molecule is O=S(CCCO)Cc1ccc(Cl)cc1Cl. The van der Waals surface area contributed by atoms with Crippen LogP contribution in [0.5, 0.6) is 0 Å². The van der Waals surface area contributed by atoms with Gasteiger partial charge in [0.25, 0.3) is 0 Å². The Balaban J connectivity index is 2.60.